The van der Waals surface area contributed by atoms with Crippen LogP contribution < -0.4 is 5.73 Å². The molecule has 0 spiro atoms. The van der Waals surface area contributed by atoms with Gasteiger partial charge in [-0.1, -0.05) is 0 Å². The second kappa shape index (κ2) is 3.06. The van der Waals surface area contributed by atoms with Gasteiger partial charge in [-0.2, -0.15) is 9.65 Å². The molecule has 6 heteroatoms. The summed E-state index contributed by atoms with van der Waals surface area (Å²) >= 11 is 0. The predicted molar refractivity (Wildman–Crippen MR) is 42.2 cm³/mol. The van der Waals surface area contributed by atoms with E-state index < -0.39 is 16.4 Å². The van der Waals surface area contributed by atoms with Gasteiger partial charge in [0.2, 0.25) is 5.82 Å². The summed E-state index contributed by atoms with van der Waals surface area (Å²) in [5.74, 6) is -1.04. The smallest absolute Gasteiger partial charge is 0.306 e. The zero-order valence-corrected chi connectivity index (χ0v) is 6.32. The Morgan fingerprint density at radius 3 is 2.69 bits per heavy atom. The van der Waals surface area contributed by atoms with Crippen molar-refractivity contribution in [3.8, 4) is 6.07 Å². The number of nitro groups is 1. The van der Waals surface area contributed by atoms with Crippen molar-refractivity contribution < 1.29 is 9.31 Å². The number of hydrogen-bond acceptors (Lipinski definition) is 4. The Kier molecular flexibility index (Phi) is 2.11. The number of nitrogens with two attached hydrogens (primary N) is 1. The van der Waals surface area contributed by atoms with Crippen LogP contribution in [0.15, 0.2) is 12.1 Å². The minimum Gasteiger partial charge on any atom is -0.398 e. The third-order valence-electron chi connectivity index (χ3n) is 1.44. The van der Waals surface area contributed by atoms with E-state index in [0.29, 0.717) is 0 Å². The molecule has 0 aliphatic rings. The lowest BCUT2D eigenvalue weighted by Crippen LogP contribution is -1.97. The third kappa shape index (κ3) is 1.54. The highest BCUT2D eigenvalue weighted by atomic mass is 19.1. The van der Waals surface area contributed by atoms with E-state index in [1.54, 1.807) is 6.07 Å². The first-order valence-electron chi connectivity index (χ1n) is 3.19. The molecule has 13 heavy (non-hydrogen) atoms. The van der Waals surface area contributed by atoms with Crippen LogP contribution in [0.5, 0.6) is 0 Å². The van der Waals surface area contributed by atoms with Crippen LogP contribution in [-0.4, -0.2) is 4.92 Å². The van der Waals surface area contributed by atoms with Crippen LogP contribution in [0.25, 0.3) is 0 Å². The van der Waals surface area contributed by atoms with E-state index in [9.17, 15) is 14.5 Å². The van der Waals surface area contributed by atoms with Gasteiger partial charge in [0, 0.05) is 12.1 Å². The first kappa shape index (κ1) is 8.93. The number of nitriles is 1. The zero-order valence-electron chi connectivity index (χ0n) is 6.32. The van der Waals surface area contributed by atoms with Gasteiger partial charge in [-0.3, -0.25) is 10.1 Å². The van der Waals surface area contributed by atoms with Crippen molar-refractivity contribution >= 4 is 11.4 Å². The number of nitro benzene ring substituents is 1. The summed E-state index contributed by atoms with van der Waals surface area (Å²) in [5.41, 5.74) is 4.26. The lowest BCUT2D eigenvalue weighted by molar-refractivity contribution is -0.387. The molecule has 0 atom stereocenters. The molecule has 0 heterocycles. The average Bonchev–Trinajstić information content (AvgIpc) is 2.03. The maximum absolute atomic E-state index is 12.8. The summed E-state index contributed by atoms with van der Waals surface area (Å²) in [6.07, 6.45) is 0. The molecule has 66 valence electrons. The van der Waals surface area contributed by atoms with Gasteiger partial charge in [0.25, 0.3) is 0 Å². The molecule has 0 saturated carbocycles. The number of halogens is 1. The Bertz CT molecular complexity index is 411. The summed E-state index contributed by atoms with van der Waals surface area (Å²) in [5, 5.41) is 18.7. The van der Waals surface area contributed by atoms with Crippen LogP contribution in [0.2, 0.25) is 0 Å². The quantitative estimate of drug-likeness (QED) is 0.400. The number of nitrogen functional groups attached to an aromatic ring is 1. The van der Waals surface area contributed by atoms with E-state index in [0.717, 1.165) is 12.1 Å². The van der Waals surface area contributed by atoms with Gasteiger partial charge in [-0.15, -0.1) is 0 Å². The normalized spacial score (nSPS) is 9.23. The first-order chi connectivity index (χ1) is 6.06. The molecule has 0 saturated heterocycles. The number of hydrogen-bond donors (Lipinski definition) is 1. The standard InChI is InChI=1S/C7H4FN3O2/c8-5-2-6(10)4(3-9)1-7(5)11(12)13/h1-2H,10H2. The molecule has 0 radical (unpaired) electrons. The second-order valence-electron chi connectivity index (χ2n) is 2.26. The van der Waals surface area contributed by atoms with Crippen molar-refractivity contribution in [3.05, 3.63) is 33.6 Å². The average molecular weight is 181 g/mol. The van der Waals surface area contributed by atoms with Gasteiger partial charge >= 0.3 is 5.69 Å². The molecule has 1 aromatic rings. The Hall–Kier alpha value is -2.16. The second-order valence-corrected chi connectivity index (χ2v) is 2.26. The summed E-state index contributed by atoms with van der Waals surface area (Å²) in [4.78, 5) is 9.31. The van der Waals surface area contributed by atoms with Crippen molar-refractivity contribution in [2.24, 2.45) is 0 Å². The SMILES string of the molecule is N#Cc1cc([N+](=O)[O-])c(F)cc1N. The molecule has 0 amide bonds. The van der Waals surface area contributed by atoms with Crippen LogP contribution >= 0.6 is 0 Å². The van der Waals surface area contributed by atoms with Gasteiger partial charge in [0.15, 0.2) is 0 Å². The Morgan fingerprint density at radius 2 is 2.23 bits per heavy atom. The highest BCUT2D eigenvalue weighted by molar-refractivity contribution is 5.58. The van der Waals surface area contributed by atoms with Gasteiger partial charge in [0.05, 0.1) is 16.2 Å². The van der Waals surface area contributed by atoms with E-state index in [4.69, 9.17) is 11.0 Å². The Labute approximate surface area is 72.3 Å². The lowest BCUT2D eigenvalue weighted by atomic mass is 10.2. The van der Waals surface area contributed by atoms with E-state index in [2.05, 4.69) is 0 Å². The summed E-state index contributed by atoms with van der Waals surface area (Å²) in [6, 6.07) is 3.19. The number of rotatable bonds is 1. The molecule has 1 rings (SSSR count). The molecule has 1 aromatic carbocycles. The summed E-state index contributed by atoms with van der Waals surface area (Å²) < 4.78 is 12.8. The monoisotopic (exact) mass is 181 g/mol. The molecular weight excluding hydrogens is 177 g/mol. The predicted octanol–water partition coefficient (Wildman–Crippen LogP) is 1.19. The van der Waals surface area contributed by atoms with E-state index in [1.807, 2.05) is 0 Å². The zero-order chi connectivity index (χ0) is 10.0. The third-order valence-corrected chi connectivity index (χ3v) is 1.44. The minimum absolute atomic E-state index is 0.104. The molecule has 0 aliphatic carbocycles. The van der Waals surface area contributed by atoms with Crippen LogP contribution in [0, 0.1) is 27.3 Å². The molecule has 0 aliphatic heterocycles. The summed E-state index contributed by atoms with van der Waals surface area (Å²) in [6.45, 7) is 0. The van der Waals surface area contributed by atoms with E-state index >= 15 is 0 Å². The molecule has 2 N–H and O–H groups in total. The lowest BCUT2D eigenvalue weighted by Gasteiger charge is -1.97. The fourth-order valence-electron chi connectivity index (χ4n) is 0.814. The first-order valence-corrected chi connectivity index (χ1v) is 3.19. The van der Waals surface area contributed by atoms with Gasteiger partial charge in [0.1, 0.15) is 6.07 Å². The maximum atomic E-state index is 12.8. The highest BCUT2D eigenvalue weighted by Crippen LogP contribution is 2.22. The Balaban J connectivity index is 3.41. The number of benzene rings is 1. The van der Waals surface area contributed by atoms with Gasteiger partial charge in [-0.25, -0.2) is 0 Å². The fourth-order valence-corrected chi connectivity index (χ4v) is 0.814. The van der Waals surface area contributed by atoms with Crippen molar-refractivity contribution in [2.75, 3.05) is 5.73 Å². The van der Waals surface area contributed by atoms with E-state index in [1.165, 1.54) is 0 Å². The van der Waals surface area contributed by atoms with Crippen molar-refractivity contribution in [1.29, 1.82) is 5.26 Å². The van der Waals surface area contributed by atoms with Crippen LogP contribution in [0.4, 0.5) is 15.8 Å². The number of nitrogens with zero attached hydrogens (tertiary/aromatic N) is 2. The Morgan fingerprint density at radius 1 is 1.62 bits per heavy atom. The van der Waals surface area contributed by atoms with Crippen molar-refractivity contribution in [1.82, 2.24) is 0 Å². The molecule has 5 nitrogen and oxygen atoms in total. The molecule has 0 fully saturated rings. The van der Waals surface area contributed by atoms with E-state index in [-0.39, 0.29) is 11.3 Å². The van der Waals surface area contributed by atoms with Gasteiger partial charge < -0.3 is 5.73 Å². The molecule has 0 unspecified atom stereocenters. The fraction of sp³-hybridized carbons (Fsp3) is 0. The van der Waals surface area contributed by atoms with Crippen LogP contribution in [-0.2, 0) is 0 Å². The molecule has 0 aromatic heterocycles. The summed E-state index contributed by atoms with van der Waals surface area (Å²) in [7, 11) is 0. The van der Waals surface area contributed by atoms with Gasteiger partial charge in [-0.05, 0) is 0 Å². The van der Waals surface area contributed by atoms with Crippen LogP contribution in [0.1, 0.15) is 5.56 Å². The van der Waals surface area contributed by atoms with Crippen molar-refractivity contribution in [3.63, 3.8) is 0 Å². The molecular formula is C7H4FN3O2. The number of anilines is 1. The highest BCUT2D eigenvalue weighted by Gasteiger charge is 2.16. The van der Waals surface area contributed by atoms with Crippen LogP contribution in [0.3, 0.4) is 0 Å². The largest absolute Gasteiger partial charge is 0.398 e. The molecule has 0 bridgehead atoms. The van der Waals surface area contributed by atoms with Crippen molar-refractivity contribution in [2.45, 2.75) is 0 Å². The maximum Gasteiger partial charge on any atom is 0.306 e. The minimum atomic E-state index is -1.04. The topological polar surface area (TPSA) is 92.9 Å².